The van der Waals surface area contributed by atoms with E-state index in [9.17, 15) is 0 Å². The van der Waals surface area contributed by atoms with E-state index in [0.29, 0.717) is 6.10 Å². The average Bonchev–Trinajstić information content (AvgIpc) is 2.79. The van der Waals surface area contributed by atoms with Gasteiger partial charge in [0.15, 0.2) is 0 Å². The predicted octanol–water partition coefficient (Wildman–Crippen LogP) is 2.45. The summed E-state index contributed by atoms with van der Waals surface area (Å²) in [5, 5.41) is 5.61. The summed E-state index contributed by atoms with van der Waals surface area (Å²) in [5.41, 5.74) is 0. The summed E-state index contributed by atoms with van der Waals surface area (Å²) in [4.78, 5) is 1.46. The van der Waals surface area contributed by atoms with E-state index in [2.05, 4.69) is 22.8 Å². The molecule has 0 aliphatic carbocycles. The zero-order chi connectivity index (χ0) is 10.3. The van der Waals surface area contributed by atoms with Crippen LogP contribution >= 0.6 is 11.3 Å². The summed E-state index contributed by atoms with van der Waals surface area (Å²) in [5.74, 6) is 0. The van der Waals surface area contributed by atoms with Crippen molar-refractivity contribution in [1.82, 2.24) is 5.32 Å². The van der Waals surface area contributed by atoms with Crippen molar-refractivity contribution in [2.75, 3.05) is 19.7 Å². The lowest BCUT2D eigenvalue weighted by Crippen LogP contribution is -2.32. The van der Waals surface area contributed by atoms with Gasteiger partial charge < -0.3 is 10.1 Å². The van der Waals surface area contributed by atoms with Gasteiger partial charge in [-0.1, -0.05) is 6.07 Å². The smallest absolute Gasteiger partial charge is 0.0699 e. The first-order chi connectivity index (χ1) is 7.45. The Bertz CT molecular complexity index is 255. The third-order valence-electron chi connectivity index (χ3n) is 2.77. The second-order valence-electron chi connectivity index (χ2n) is 4.02. The molecule has 1 fully saturated rings. The van der Waals surface area contributed by atoms with Gasteiger partial charge in [-0.25, -0.2) is 0 Å². The number of ether oxygens (including phenoxy) is 1. The van der Waals surface area contributed by atoms with E-state index < -0.39 is 0 Å². The number of nitrogens with one attached hydrogen (secondary N) is 1. The molecule has 1 aliphatic heterocycles. The molecule has 1 aromatic rings. The van der Waals surface area contributed by atoms with Gasteiger partial charge in [0.25, 0.3) is 0 Å². The summed E-state index contributed by atoms with van der Waals surface area (Å²) < 4.78 is 5.66. The Morgan fingerprint density at radius 2 is 2.47 bits per heavy atom. The molecule has 1 atom stereocenters. The molecule has 0 bridgehead atoms. The van der Waals surface area contributed by atoms with Crippen LogP contribution in [-0.2, 0) is 11.2 Å². The van der Waals surface area contributed by atoms with E-state index in [-0.39, 0.29) is 0 Å². The first-order valence-corrected chi connectivity index (χ1v) is 6.68. The SMILES string of the molecule is c1csc(CCNCC2CCCCO2)c1. The largest absolute Gasteiger partial charge is 0.377 e. The van der Waals surface area contributed by atoms with E-state index in [0.717, 1.165) is 26.1 Å². The van der Waals surface area contributed by atoms with Crippen molar-refractivity contribution in [2.24, 2.45) is 0 Å². The molecule has 2 heterocycles. The fraction of sp³-hybridized carbons (Fsp3) is 0.667. The molecule has 1 N–H and O–H groups in total. The topological polar surface area (TPSA) is 21.3 Å². The molecule has 0 amide bonds. The van der Waals surface area contributed by atoms with Crippen LogP contribution in [0.5, 0.6) is 0 Å². The van der Waals surface area contributed by atoms with Crippen LogP contribution in [0.15, 0.2) is 17.5 Å². The summed E-state index contributed by atoms with van der Waals surface area (Å²) in [6.45, 7) is 3.04. The van der Waals surface area contributed by atoms with Gasteiger partial charge in [0, 0.05) is 24.6 Å². The van der Waals surface area contributed by atoms with Crippen molar-refractivity contribution in [3.8, 4) is 0 Å². The van der Waals surface area contributed by atoms with Crippen LogP contribution in [0.3, 0.4) is 0 Å². The van der Waals surface area contributed by atoms with Crippen LogP contribution in [0.4, 0.5) is 0 Å². The van der Waals surface area contributed by atoms with Gasteiger partial charge in [0.2, 0.25) is 0 Å². The number of hydrogen-bond acceptors (Lipinski definition) is 3. The molecule has 1 unspecified atom stereocenters. The molecule has 1 saturated heterocycles. The summed E-state index contributed by atoms with van der Waals surface area (Å²) in [6, 6.07) is 4.31. The molecule has 0 spiro atoms. The fourth-order valence-corrected chi connectivity index (χ4v) is 2.61. The second-order valence-corrected chi connectivity index (χ2v) is 5.05. The van der Waals surface area contributed by atoms with E-state index in [1.54, 1.807) is 0 Å². The fourth-order valence-electron chi connectivity index (χ4n) is 1.90. The van der Waals surface area contributed by atoms with Gasteiger partial charge in [-0.2, -0.15) is 0 Å². The second kappa shape index (κ2) is 6.26. The Labute approximate surface area is 95.6 Å². The highest BCUT2D eigenvalue weighted by Gasteiger charge is 2.12. The first kappa shape index (κ1) is 11.1. The molecule has 0 aromatic carbocycles. The molecule has 2 rings (SSSR count). The monoisotopic (exact) mass is 225 g/mol. The van der Waals surface area contributed by atoms with Gasteiger partial charge in [-0.15, -0.1) is 11.3 Å². The Kier molecular flexibility index (Phi) is 4.64. The van der Waals surface area contributed by atoms with Crippen LogP contribution in [0, 0.1) is 0 Å². The molecule has 1 aliphatic rings. The molecule has 3 heteroatoms. The standard InChI is InChI=1S/C12H19NOS/c1-2-8-14-11(4-1)10-13-7-6-12-5-3-9-15-12/h3,5,9,11,13H,1-2,4,6-8,10H2. The summed E-state index contributed by atoms with van der Waals surface area (Å²) in [6.07, 6.45) is 5.40. The Morgan fingerprint density at radius 3 is 3.20 bits per heavy atom. The van der Waals surface area contributed by atoms with Crippen molar-refractivity contribution >= 4 is 11.3 Å². The number of rotatable bonds is 5. The van der Waals surface area contributed by atoms with Gasteiger partial charge >= 0.3 is 0 Å². The summed E-state index contributed by atoms with van der Waals surface area (Å²) >= 11 is 1.84. The lowest BCUT2D eigenvalue weighted by molar-refractivity contribution is 0.0171. The third-order valence-corrected chi connectivity index (χ3v) is 3.71. The minimum atomic E-state index is 0.460. The molecule has 1 aromatic heterocycles. The minimum absolute atomic E-state index is 0.460. The lowest BCUT2D eigenvalue weighted by atomic mass is 10.1. The Balaban J connectivity index is 1.54. The number of hydrogen-bond donors (Lipinski definition) is 1. The van der Waals surface area contributed by atoms with Crippen molar-refractivity contribution in [1.29, 1.82) is 0 Å². The Hall–Kier alpha value is -0.380. The van der Waals surface area contributed by atoms with E-state index in [1.807, 2.05) is 11.3 Å². The maximum Gasteiger partial charge on any atom is 0.0699 e. The summed E-state index contributed by atoms with van der Waals surface area (Å²) in [7, 11) is 0. The average molecular weight is 225 g/mol. The highest BCUT2D eigenvalue weighted by Crippen LogP contribution is 2.12. The van der Waals surface area contributed by atoms with Crippen molar-refractivity contribution in [3.05, 3.63) is 22.4 Å². The maximum absolute atomic E-state index is 5.66. The normalized spacial score (nSPS) is 21.7. The van der Waals surface area contributed by atoms with Crippen molar-refractivity contribution in [2.45, 2.75) is 31.8 Å². The van der Waals surface area contributed by atoms with E-state index >= 15 is 0 Å². The quantitative estimate of drug-likeness (QED) is 0.777. The van der Waals surface area contributed by atoms with Crippen LogP contribution < -0.4 is 5.32 Å². The van der Waals surface area contributed by atoms with E-state index in [1.165, 1.54) is 24.1 Å². The van der Waals surface area contributed by atoms with Crippen molar-refractivity contribution in [3.63, 3.8) is 0 Å². The molecule has 84 valence electrons. The zero-order valence-electron chi connectivity index (χ0n) is 9.08. The molecule has 0 radical (unpaired) electrons. The molecular formula is C12H19NOS. The minimum Gasteiger partial charge on any atom is -0.377 e. The van der Waals surface area contributed by atoms with Gasteiger partial charge in [-0.3, -0.25) is 0 Å². The number of thiophene rings is 1. The van der Waals surface area contributed by atoms with Crippen LogP contribution in [0.1, 0.15) is 24.1 Å². The lowest BCUT2D eigenvalue weighted by Gasteiger charge is -2.22. The van der Waals surface area contributed by atoms with Crippen LogP contribution in [0.25, 0.3) is 0 Å². The predicted molar refractivity (Wildman–Crippen MR) is 64.5 cm³/mol. The zero-order valence-corrected chi connectivity index (χ0v) is 9.89. The molecular weight excluding hydrogens is 206 g/mol. The molecule has 2 nitrogen and oxygen atoms in total. The first-order valence-electron chi connectivity index (χ1n) is 5.80. The highest BCUT2D eigenvalue weighted by atomic mass is 32.1. The molecule has 0 saturated carbocycles. The van der Waals surface area contributed by atoms with Gasteiger partial charge in [0.1, 0.15) is 0 Å². The third kappa shape index (κ3) is 3.93. The van der Waals surface area contributed by atoms with E-state index in [4.69, 9.17) is 4.74 Å². The molecule has 15 heavy (non-hydrogen) atoms. The van der Waals surface area contributed by atoms with Crippen molar-refractivity contribution < 1.29 is 4.74 Å². The highest BCUT2D eigenvalue weighted by molar-refractivity contribution is 7.09. The van der Waals surface area contributed by atoms with Crippen LogP contribution in [-0.4, -0.2) is 25.8 Å². The maximum atomic E-state index is 5.66. The van der Waals surface area contributed by atoms with Gasteiger partial charge in [0.05, 0.1) is 6.10 Å². The van der Waals surface area contributed by atoms with Crippen LogP contribution in [0.2, 0.25) is 0 Å². The van der Waals surface area contributed by atoms with Gasteiger partial charge in [-0.05, 0) is 37.1 Å². The Morgan fingerprint density at radius 1 is 1.47 bits per heavy atom.